The molecule has 11 heteroatoms. The van der Waals surface area contributed by atoms with E-state index in [2.05, 4.69) is 4.74 Å². The third-order valence-corrected chi connectivity index (χ3v) is 6.14. The highest BCUT2D eigenvalue weighted by atomic mass is 32.2. The number of halogens is 3. The molecule has 1 fully saturated rings. The molecule has 1 aromatic rings. The Kier molecular flexibility index (Phi) is 8.70. The number of Topliss-reactive ketones (excluding diaryl/α,β-unsaturated/α-hetero) is 1. The van der Waals surface area contributed by atoms with Gasteiger partial charge in [-0.05, 0) is 37.7 Å². The number of alkyl halides is 3. The van der Waals surface area contributed by atoms with E-state index in [4.69, 9.17) is 12.4 Å². The predicted molar refractivity (Wildman–Crippen MR) is 107 cm³/mol. The van der Waals surface area contributed by atoms with Gasteiger partial charge in [-0.25, -0.2) is 0 Å². The zero-order valence-corrected chi connectivity index (χ0v) is 17.6. The maximum absolute atomic E-state index is 12.9. The van der Waals surface area contributed by atoms with Gasteiger partial charge in [0.2, 0.25) is 6.10 Å². The van der Waals surface area contributed by atoms with Crippen molar-refractivity contribution in [2.75, 3.05) is 5.75 Å². The van der Waals surface area contributed by atoms with E-state index >= 15 is 0 Å². The number of rotatable bonds is 9. The van der Waals surface area contributed by atoms with Gasteiger partial charge in [0.25, 0.3) is 10.1 Å². The first kappa shape index (κ1) is 25.4. The molecule has 0 heterocycles. The molecule has 170 valence electrons. The lowest BCUT2D eigenvalue weighted by atomic mass is 9.79. The molecule has 31 heavy (non-hydrogen) atoms. The van der Waals surface area contributed by atoms with Crippen molar-refractivity contribution in [3.8, 4) is 0 Å². The maximum atomic E-state index is 12.9. The molecule has 0 amide bonds. The molecule has 1 aliphatic carbocycles. The van der Waals surface area contributed by atoms with Gasteiger partial charge in [0.15, 0.2) is 0 Å². The highest BCUT2D eigenvalue weighted by molar-refractivity contribution is 7.85. The highest BCUT2D eigenvalue weighted by Gasteiger charge is 2.46. The van der Waals surface area contributed by atoms with E-state index in [1.165, 1.54) is 0 Å². The first-order valence-electron chi connectivity index (χ1n) is 9.92. The van der Waals surface area contributed by atoms with Gasteiger partial charge < -0.3 is 4.74 Å². The molecule has 2 rings (SSSR count). The van der Waals surface area contributed by atoms with E-state index in [0.29, 0.717) is 32.0 Å². The summed E-state index contributed by atoms with van der Waals surface area (Å²) >= 11 is 0. The zero-order valence-electron chi connectivity index (χ0n) is 16.8. The molecule has 0 aromatic heterocycles. The Morgan fingerprint density at radius 1 is 1.06 bits per heavy atom. The number of hydrogen-bond donors (Lipinski definition) is 1. The molecule has 1 aliphatic rings. The van der Waals surface area contributed by atoms with Crippen LogP contribution in [0, 0.1) is 11.8 Å². The Balaban J connectivity index is 1.83. The summed E-state index contributed by atoms with van der Waals surface area (Å²) in [6.45, 7) is 0. The molecule has 1 aromatic carbocycles. The highest BCUT2D eigenvalue weighted by Crippen LogP contribution is 2.33. The van der Waals surface area contributed by atoms with E-state index in [-0.39, 0.29) is 24.5 Å². The molecule has 1 atom stereocenters. The van der Waals surface area contributed by atoms with Gasteiger partial charge >= 0.3 is 12.1 Å². The van der Waals surface area contributed by atoms with Crippen molar-refractivity contribution in [3.63, 3.8) is 0 Å². The van der Waals surface area contributed by atoms with Gasteiger partial charge in [0, 0.05) is 12.3 Å². The number of ether oxygens (including phenoxy) is 1. The number of hydrogen-bond acceptors (Lipinski definition) is 5. The predicted octanol–water partition coefficient (Wildman–Crippen LogP) is 3.03. The van der Waals surface area contributed by atoms with E-state index < -0.39 is 40.0 Å². The first-order chi connectivity index (χ1) is 14.4. The summed E-state index contributed by atoms with van der Waals surface area (Å²) in [6.07, 6.45) is -5.68. The van der Waals surface area contributed by atoms with Crippen LogP contribution in [0.5, 0.6) is 0 Å². The van der Waals surface area contributed by atoms with Gasteiger partial charge in [-0.3, -0.25) is 14.1 Å². The molecule has 1 N–H and O–H groups in total. The van der Waals surface area contributed by atoms with Crippen LogP contribution in [0.4, 0.5) is 13.2 Å². The van der Waals surface area contributed by atoms with Crippen molar-refractivity contribution in [3.05, 3.63) is 35.4 Å². The average molecular weight is 460 g/mol. The molecule has 0 aliphatic heterocycles. The van der Waals surface area contributed by atoms with Crippen molar-refractivity contribution < 1.29 is 40.5 Å². The van der Waals surface area contributed by atoms with Crippen LogP contribution in [-0.2, 0) is 37.2 Å². The fraction of sp³-hybridized carbons (Fsp3) is 0.600. The Hall–Kier alpha value is -1.88. The lowest BCUT2D eigenvalue weighted by Gasteiger charge is -2.28. The average Bonchev–Trinajstić information content (AvgIpc) is 2.70. The van der Waals surface area contributed by atoms with Crippen molar-refractivity contribution in [1.82, 2.24) is 0 Å². The summed E-state index contributed by atoms with van der Waals surface area (Å²) in [5.74, 6) is -4.00. The van der Waals surface area contributed by atoms with Crippen LogP contribution in [0.2, 0.25) is 0 Å². The lowest BCUT2D eigenvalue weighted by Crippen LogP contribution is -2.41. The third-order valence-electron chi connectivity index (χ3n) is 5.42. The quantitative estimate of drug-likeness (QED) is 0.346. The van der Waals surface area contributed by atoms with Gasteiger partial charge in [-0.15, -0.1) is 0 Å². The van der Waals surface area contributed by atoms with E-state index in [9.17, 15) is 31.2 Å². The molecule has 2 radical (unpaired) electrons. The van der Waals surface area contributed by atoms with E-state index in [0.717, 1.165) is 11.1 Å². The van der Waals surface area contributed by atoms with Crippen LogP contribution in [0.25, 0.3) is 0 Å². The Labute approximate surface area is 180 Å². The van der Waals surface area contributed by atoms with Gasteiger partial charge in [-0.2, -0.15) is 21.6 Å². The standard InChI is InChI=1S/C20H24BF3O6S/c21-11-14-3-1-13(2-4-14)5-10-17(25)15-6-8-16(9-7-15)19(26)30-18(20(22,23)24)12-31(27,28)29/h1-4,15-16,18H,5-12H2,(H,27,28,29). The van der Waals surface area contributed by atoms with E-state index in [1.807, 2.05) is 24.3 Å². The molecule has 6 nitrogen and oxygen atoms in total. The largest absolute Gasteiger partial charge is 0.451 e. The summed E-state index contributed by atoms with van der Waals surface area (Å²) in [6, 6.07) is 7.61. The van der Waals surface area contributed by atoms with Crippen LogP contribution in [0.1, 0.15) is 43.2 Å². The Morgan fingerprint density at radius 2 is 1.58 bits per heavy atom. The minimum Gasteiger partial charge on any atom is -0.451 e. The minimum atomic E-state index is -5.12. The number of carbonyl (C=O) groups excluding carboxylic acids is 2. The smallest absolute Gasteiger partial charge is 0.426 e. The SMILES string of the molecule is [B]Cc1ccc(CCC(=O)C2CCC(C(=O)OC(CS(=O)(=O)O)C(F)(F)F)CC2)cc1. The van der Waals surface area contributed by atoms with Crippen LogP contribution < -0.4 is 0 Å². The van der Waals surface area contributed by atoms with Crippen LogP contribution >= 0.6 is 0 Å². The number of esters is 1. The summed E-state index contributed by atoms with van der Waals surface area (Å²) in [5, 5.41) is 0. The molecule has 0 bridgehead atoms. The number of benzene rings is 1. The molecule has 1 saturated carbocycles. The number of carbonyl (C=O) groups is 2. The molecular formula is C20H24BF3O6S. The summed E-state index contributed by atoms with van der Waals surface area (Å²) in [7, 11) is 0.562. The first-order valence-corrected chi connectivity index (χ1v) is 11.5. The maximum Gasteiger partial charge on any atom is 0.426 e. The fourth-order valence-corrected chi connectivity index (χ4v) is 4.23. The van der Waals surface area contributed by atoms with Crippen LogP contribution in [0.15, 0.2) is 24.3 Å². The second kappa shape index (κ2) is 10.6. The lowest BCUT2D eigenvalue weighted by molar-refractivity contribution is -0.218. The summed E-state index contributed by atoms with van der Waals surface area (Å²) in [4.78, 5) is 24.5. The topological polar surface area (TPSA) is 97.7 Å². The normalized spacial score (nSPS) is 20.8. The number of ketones is 1. The second-order valence-corrected chi connectivity index (χ2v) is 9.25. The van der Waals surface area contributed by atoms with Gasteiger partial charge in [-0.1, -0.05) is 36.1 Å². The van der Waals surface area contributed by atoms with Crippen LogP contribution in [-0.4, -0.2) is 50.6 Å². The molecular weight excluding hydrogens is 436 g/mol. The monoisotopic (exact) mass is 460 g/mol. The van der Waals surface area contributed by atoms with Crippen molar-refractivity contribution in [2.24, 2.45) is 11.8 Å². The number of aryl methyl sites for hydroxylation is 1. The zero-order chi connectivity index (χ0) is 23.2. The third kappa shape index (κ3) is 8.29. The minimum absolute atomic E-state index is 0.0364. The molecule has 1 unspecified atom stereocenters. The van der Waals surface area contributed by atoms with Crippen molar-refractivity contribution in [2.45, 2.75) is 57.1 Å². The summed E-state index contributed by atoms with van der Waals surface area (Å²) in [5.41, 5.74) is 1.99. The molecule has 0 saturated heterocycles. The Morgan fingerprint density at radius 3 is 2.06 bits per heavy atom. The Bertz CT molecular complexity index is 862. The fourth-order valence-electron chi connectivity index (χ4n) is 3.59. The van der Waals surface area contributed by atoms with Crippen LogP contribution in [0.3, 0.4) is 0 Å². The van der Waals surface area contributed by atoms with Crippen molar-refractivity contribution in [1.29, 1.82) is 0 Å². The van der Waals surface area contributed by atoms with E-state index in [1.54, 1.807) is 0 Å². The van der Waals surface area contributed by atoms with Gasteiger partial charge in [0.1, 0.15) is 11.5 Å². The summed E-state index contributed by atoms with van der Waals surface area (Å²) < 4.78 is 73.3. The van der Waals surface area contributed by atoms with Crippen molar-refractivity contribution >= 4 is 29.7 Å². The van der Waals surface area contributed by atoms with Gasteiger partial charge in [0.05, 0.1) is 13.8 Å². The molecule has 0 spiro atoms. The second-order valence-electron chi connectivity index (χ2n) is 7.75.